The number of aromatic nitrogens is 1. The first kappa shape index (κ1) is 26.1. The quantitative estimate of drug-likeness (QED) is 0.219. The van der Waals surface area contributed by atoms with Gasteiger partial charge in [0.1, 0.15) is 5.84 Å². The van der Waals surface area contributed by atoms with Gasteiger partial charge in [0, 0.05) is 43.0 Å². The van der Waals surface area contributed by atoms with Crippen molar-refractivity contribution in [3.05, 3.63) is 173 Å². The number of rotatable bonds is 4. The lowest BCUT2D eigenvalue weighted by Gasteiger charge is -2.26. The Bertz CT molecular complexity index is 2270. The van der Waals surface area contributed by atoms with Crippen LogP contribution in [0.5, 0.6) is 0 Å². The minimum atomic E-state index is 0.00195. The van der Waals surface area contributed by atoms with Gasteiger partial charge in [-0.05, 0) is 48.4 Å². The molecule has 0 aliphatic carbocycles. The van der Waals surface area contributed by atoms with E-state index in [1.54, 1.807) is 0 Å². The lowest BCUT2D eigenvalue weighted by molar-refractivity contribution is 0.769. The summed E-state index contributed by atoms with van der Waals surface area (Å²) in [5.74, 6) is 0.905. The second-order valence-electron chi connectivity index (χ2n) is 11.7. The van der Waals surface area contributed by atoms with E-state index in [1.807, 2.05) is 11.8 Å². The highest BCUT2D eigenvalue weighted by molar-refractivity contribution is 8.03. The molecule has 3 heterocycles. The minimum absolute atomic E-state index is 0.00195. The second-order valence-corrected chi connectivity index (χ2v) is 12.8. The highest BCUT2D eigenvalue weighted by atomic mass is 32.2. The zero-order valence-corrected chi connectivity index (χ0v) is 25.6. The molecule has 214 valence electrons. The van der Waals surface area contributed by atoms with E-state index in [1.165, 1.54) is 53.9 Å². The van der Waals surface area contributed by atoms with Gasteiger partial charge < -0.3 is 9.88 Å². The molecule has 2 aliphatic rings. The summed E-state index contributed by atoms with van der Waals surface area (Å²) in [7, 11) is 0. The molecular formula is C41H29N3S. The van der Waals surface area contributed by atoms with Crippen LogP contribution in [-0.4, -0.2) is 10.4 Å². The number of para-hydroxylation sites is 2. The zero-order valence-electron chi connectivity index (χ0n) is 24.7. The maximum absolute atomic E-state index is 5.25. The fourth-order valence-corrected chi connectivity index (χ4v) is 8.10. The fourth-order valence-electron chi connectivity index (χ4n) is 6.83. The van der Waals surface area contributed by atoms with Crippen LogP contribution < -0.4 is 5.32 Å². The summed E-state index contributed by atoms with van der Waals surface area (Å²) in [5, 5.41) is 6.41. The number of benzene rings is 6. The molecule has 0 amide bonds. The maximum atomic E-state index is 5.25. The molecule has 0 saturated heterocycles. The Morgan fingerprint density at radius 1 is 0.622 bits per heavy atom. The summed E-state index contributed by atoms with van der Waals surface area (Å²) in [6.07, 6.45) is 0. The average Bonchev–Trinajstić information content (AvgIpc) is 3.65. The van der Waals surface area contributed by atoms with Crippen molar-refractivity contribution >= 4 is 45.1 Å². The summed E-state index contributed by atoms with van der Waals surface area (Å²) in [5.41, 5.74) is 11.9. The Hall–Kier alpha value is -5.32. The van der Waals surface area contributed by atoms with Gasteiger partial charge in [0.05, 0.1) is 22.8 Å². The standard InChI is InChI=1S/C41H29N3S/c1-26-21-23-27(24-22-26)38-40-39(43-41(42-38)28-11-3-2-4-12-28)37-31(17-10-20-36(37)45-40)29-13-9-14-30(25-29)44-34-18-7-5-15-32(34)33-16-6-8-19-35(33)44/h2-25,39H,1H3,(H,42,43). The number of nitrogens with zero attached hydrogens (tertiary/aromatic N) is 2. The van der Waals surface area contributed by atoms with E-state index in [9.17, 15) is 0 Å². The topological polar surface area (TPSA) is 29.3 Å². The molecule has 1 unspecified atom stereocenters. The van der Waals surface area contributed by atoms with E-state index in [0.29, 0.717) is 0 Å². The van der Waals surface area contributed by atoms with Gasteiger partial charge in [-0.1, -0.05) is 133 Å². The van der Waals surface area contributed by atoms with Crippen molar-refractivity contribution in [3.63, 3.8) is 0 Å². The van der Waals surface area contributed by atoms with Crippen LogP contribution in [0.15, 0.2) is 160 Å². The average molecular weight is 596 g/mol. The van der Waals surface area contributed by atoms with E-state index in [2.05, 4.69) is 162 Å². The van der Waals surface area contributed by atoms with Crippen molar-refractivity contribution in [2.24, 2.45) is 4.99 Å². The maximum Gasteiger partial charge on any atom is 0.134 e. The summed E-state index contributed by atoms with van der Waals surface area (Å²) < 4.78 is 2.39. The van der Waals surface area contributed by atoms with Gasteiger partial charge in [-0.3, -0.25) is 0 Å². The molecule has 9 rings (SSSR count). The SMILES string of the molecule is Cc1ccc(C2=C3Sc4cccc(-c5cccc(-n6c7ccccc7c7ccccc76)c5)c4C3NC(c3ccccc3)=N2)cc1. The van der Waals surface area contributed by atoms with Crippen LogP contribution in [0, 0.1) is 6.92 Å². The first-order valence-electron chi connectivity index (χ1n) is 15.3. The van der Waals surface area contributed by atoms with Gasteiger partial charge in [0.15, 0.2) is 0 Å². The normalized spacial score (nSPS) is 15.6. The van der Waals surface area contributed by atoms with Crippen molar-refractivity contribution in [3.8, 4) is 16.8 Å². The Morgan fingerprint density at radius 2 is 1.29 bits per heavy atom. The van der Waals surface area contributed by atoms with Crippen LogP contribution in [0.3, 0.4) is 0 Å². The third-order valence-electron chi connectivity index (χ3n) is 8.94. The van der Waals surface area contributed by atoms with E-state index >= 15 is 0 Å². The van der Waals surface area contributed by atoms with Crippen LogP contribution in [0.1, 0.15) is 28.3 Å². The Morgan fingerprint density at radius 3 is 2.04 bits per heavy atom. The molecular weight excluding hydrogens is 567 g/mol. The molecule has 1 atom stereocenters. The summed E-state index contributed by atoms with van der Waals surface area (Å²) in [6.45, 7) is 2.13. The van der Waals surface area contributed by atoms with Crippen molar-refractivity contribution in [2.75, 3.05) is 0 Å². The molecule has 0 saturated carbocycles. The van der Waals surface area contributed by atoms with Gasteiger partial charge in [-0.15, -0.1) is 0 Å². The van der Waals surface area contributed by atoms with Gasteiger partial charge >= 0.3 is 0 Å². The molecule has 0 bridgehead atoms. The monoisotopic (exact) mass is 595 g/mol. The molecule has 0 radical (unpaired) electrons. The predicted molar refractivity (Wildman–Crippen MR) is 189 cm³/mol. The van der Waals surface area contributed by atoms with Gasteiger partial charge in [0.2, 0.25) is 0 Å². The Labute approximate surface area is 266 Å². The van der Waals surface area contributed by atoms with E-state index in [4.69, 9.17) is 4.99 Å². The molecule has 1 aromatic heterocycles. The van der Waals surface area contributed by atoms with Crippen molar-refractivity contribution in [2.45, 2.75) is 17.9 Å². The number of nitrogens with one attached hydrogen (secondary N) is 1. The van der Waals surface area contributed by atoms with Crippen LogP contribution in [0.4, 0.5) is 0 Å². The van der Waals surface area contributed by atoms with E-state index < -0.39 is 0 Å². The highest BCUT2D eigenvalue weighted by Gasteiger charge is 2.37. The van der Waals surface area contributed by atoms with Crippen molar-refractivity contribution in [1.82, 2.24) is 9.88 Å². The minimum Gasteiger partial charge on any atom is -0.358 e. The number of hydrogen-bond acceptors (Lipinski definition) is 3. The summed E-state index contributed by atoms with van der Waals surface area (Å²) in [6, 6.07) is 52.3. The molecule has 3 nitrogen and oxygen atoms in total. The van der Waals surface area contributed by atoms with Crippen LogP contribution in [0.25, 0.3) is 44.3 Å². The summed E-state index contributed by atoms with van der Waals surface area (Å²) >= 11 is 1.84. The largest absolute Gasteiger partial charge is 0.358 e. The number of amidine groups is 1. The molecule has 2 aliphatic heterocycles. The predicted octanol–water partition coefficient (Wildman–Crippen LogP) is 10.3. The van der Waals surface area contributed by atoms with Gasteiger partial charge in [0.25, 0.3) is 0 Å². The molecule has 45 heavy (non-hydrogen) atoms. The lowest BCUT2D eigenvalue weighted by atomic mass is 9.92. The van der Waals surface area contributed by atoms with Crippen molar-refractivity contribution < 1.29 is 0 Å². The molecule has 0 spiro atoms. The zero-order chi connectivity index (χ0) is 29.9. The van der Waals surface area contributed by atoms with Crippen molar-refractivity contribution in [1.29, 1.82) is 0 Å². The number of fused-ring (bicyclic) bond motifs is 6. The lowest BCUT2D eigenvalue weighted by Crippen LogP contribution is -2.32. The Balaban J connectivity index is 1.21. The molecule has 7 aromatic rings. The fraction of sp³-hybridized carbons (Fsp3) is 0.0488. The number of thioether (sulfide) groups is 1. The third-order valence-corrected chi connectivity index (χ3v) is 10.2. The smallest absolute Gasteiger partial charge is 0.134 e. The van der Waals surface area contributed by atoms with Crippen LogP contribution in [-0.2, 0) is 0 Å². The number of aryl methyl sites for hydroxylation is 1. The van der Waals surface area contributed by atoms with E-state index in [-0.39, 0.29) is 6.04 Å². The Kier molecular flexibility index (Phi) is 6.03. The van der Waals surface area contributed by atoms with Crippen LogP contribution >= 0.6 is 11.8 Å². The highest BCUT2D eigenvalue weighted by Crippen LogP contribution is 2.54. The van der Waals surface area contributed by atoms with Crippen LogP contribution in [0.2, 0.25) is 0 Å². The second kappa shape index (κ2) is 10.4. The van der Waals surface area contributed by atoms with Gasteiger partial charge in [-0.25, -0.2) is 4.99 Å². The molecule has 4 heteroatoms. The number of aliphatic imine (C=N–C) groups is 1. The summed E-state index contributed by atoms with van der Waals surface area (Å²) in [4.78, 5) is 7.77. The first-order valence-corrected chi connectivity index (χ1v) is 16.2. The molecule has 1 N–H and O–H groups in total. The molecule has 6 aromatic carbocycles. The molecule has 0 fully saturated rings. The third kappa shape index (κ3) is 4.25. The van der Waals surface area contributed by atoms with Gasteiger partial charge in [-0.2, -0.15) is 0 Å². The van der Waals surface area contributed by atoms with E-state index in [0.717, 1.165) is 28.3 Å². The first-order chi connectivity index (χ1) is 22.2. The number of hydrogen-bond donors (Lipinski definition) is 1.